The fourth-order valence-electron chi connectivity index (χ4n) is 2.53. The normalized spacial score (nSPS) is 10.4. The molecule has 2 N–H and O–H groups in total. The van der Waals surface area contributed by atoms with E-state index in [1.165, 1.54) is 0 Å². The summed E-state index contributed by atoms with van der Waals surface area (Å²) < 4.78 is 6.76. The van der Waals surface area contributed by atoms with E-state index in [2.05, 4.69) is 15.7 Å². The van der Waals surface area contributed by atoms with Crippen LogP contribution in [-0.4, -0.2) is 27.5 Å². The molecule has 144 valence electrons. The van der Waals surface area contributed by atoms with Gasteiger partial charge in [0.15, 0.2) is 5.11 Å². The average Bonchev–Trinajstić information content (AvgIpc) is 3.09. The van der Waals surface area contributed by atoms with Crippen molar-refractivity contribution in [2.75, 3.05) is 17.2 Å². The summed E-state index contributed by atoms with van der Waals surface area (Å²) in [6, 6.07) is 14.6. The molecule has 0 saturated heterocycles. The average molecular weight is 415 g/mol. The Morgan fingerprint density at radius 3 is 2.64 bits per heavy atom. The largest absolute Gasteiger partial charge is 0.462 e. The molecular formula is C20H19ClN4O2S. The number of carbonyl (C=O) groups is 1. The van der Waals surface area contributed by atoms with E-state index in [-0.39, 0.29) is 5.97 Å². The van der Waals surface area contributed by atoms with E-state index in [9.17, 15) is 4.79 Å². The molecule has 0 bridgehead atoms. The number of aromatic nitrogens is 2. The maximum absolute atomic E-state index is 11.7. The van der Waals surface area contributed by atoms with Crippen molar-refractivity contribution in [1.82, 2.24) is 9.78 Å². The third-order valence-electron chi connectivity index (χ3n) is 3.78. The quantitative estimate of drug-likeness (QED) is 0.455. The third kappa shape index (κ3) is 5.55. The minimum Gasteiger partial charge on any atom is -0.462 e. The maximum atomic E-state index is 11.7. The van der Waals surface area contributed by atoms with Crippen molar-refractivity contribution in [2.45, 2.75) is 13.5 Å². The van der Waals surface area contributed by atoms with Gasteiger partial charge in [-0.2, -0.15) is 5.10 Å². The molecule has 0 aliphatic carbocycles. The lowest BCUT2D eigenvalue weighted by atomic mass is 10.2. The molecule has 28 heavy (non-hydrogen) atoms. The third-order valence-corrected chi connectivity index (χ3v) is 4.22. The minimum absolute atomic E-state index is 0.345. The van der Waals surface area contributed by atoms with E-state index < -0.39 is 0 Å². The van der Waals surface area contributed by atoms with Crippen LogP contribution in [0, 0.1) is 0 Å². The molecule has 0 saturated carbocycles. The number of halogens is 1. The Hall–Kier alpha value is -2.90. The fraction of sp³-hybridized carbons (Fsp3) is 0.150. The van der Waals surface area contributed by atoms with E-state index in [0.717, 1.165) is 16.9 Å². The second-order valence-electron chi connectivity index (χ2n) is 5.93. The molecule has 0 spiro atoms. The molecule has 6 nitrogen and oxygen atoms in total. The summed E-state index contributed by atoms with van der Waals surface area (Å²) in [5.41, 5.74) is 3.08. The number of hydrogen-bond donors (Lipinski definition) is 2. The van der Waals surface area contributed by atoms with Crippen molar-refractivity contribution in [3.05, 3.63) is 77.1 Å². The van der Waals surface area contributed by atoms with Gasteiger partial charge in [-0.25, -0.2) is 4.79 Å². The zero-order valence-electron chi connectivity index (χ0n) is 15.2. The number of benzene rings is 2. The van der Waals surface area contributed by atoms with Gasteiger partial charge in [0.2, 0.25) is 0 Å². The van der Waals surface area contributed by atoms with E-state index in [1.807, 2.05) is 30.5 Å². The van der Waals surface area contributed by atoms with Gasteiger partial charge < -0.3 is 15.4 Å². The molecular weight excluding hydrogens is 396 g/mol. The first-order chi connectivity index (χ1) is 13.5. The highest BCUT2D eigenvalue weighted by Crippen LogP contribution is 2.14. The van der Waals surface area contributed by atoms with Crippen LogP contribution in [0.15, 0.2) is 60.9 Å². The number of carbonyl (C=O) groups excluding carboxylic acids is 1. The minimum atomic E-state index is -0.345. The van der Waals surface area contributed by atoms with Crippen LogP contribution in [0.5, 0.6) is 0 Å². The highest BCUT2D eigenvalue weighted by molar-refractivity contribution is 7.80. The van der Waals surface area contributed by atoms with Gasteiger partial charge >= 0.3 is 5.97 Å². The topological polar surface area (TPSA) is 68.2 Å². The van der Waals surface area contributed by atoms with Crippen LogP contribution >= 0.6 is 23.8 Å². The Balaban J connectivity index is 1.55. The molecule has 8 heteroatoms. The number of esters is 1. The summed E-state index contributed by atoms with van der Waals surface area (Å²) in [6.07, 6.45) is 3.56. The van der Waals surface area contributed by atoms with Gasteiger partial charge in [0.05, 0.1) is 30.6 Å². The number of ether oxygens (including phenoxy) is 1. The zero-order valence-corrected chi connectivity index (χ0v) is 16.8. The Morgan fingerprint density at radius 1 is 1.18 bits per heavy atom. The molecule has 0 atom stereocenters. The summed E-state index contributed by atoms with van der Waals surface area (Å²) in [5.74, 6) is -0.345. The van der Waals surface area contributed by atoms with Crippen LogP contribution in [0.1, 0.15) is 22.8 Å². The summed E-state index contributed by atoms with van der Waals surface area (Å²) in [7, 11) is 0. The Bertz CT molecular complexity index is 972. The van der Waals surface area contributed by atoms with Gasteiger partial charge in [0.1, 0.15) is 0 Å². The lowest BCUT2D eigenvalue weighted by Gasteiger charge is -2.09. The molecule has 0 fully saturated rings. The van der Waals surface area contributed by atoms with Crippen molar-refractivity contribution in [3.8, 4) is 0 Å². The van der Waals surface area contributed by atoms with Crippen molar-refractivity contribution < 1.29 is 9.53 Å². The number of rotatable bonds is 6. The van der Waals surface area contributed by atoms with E-state index >= 15 is 0 Å². The number of hydrogen-bond acceptors (Lipinski definition) is 4. The molecule has 3 aromatic rings. The van der Waals surface area contributed by atoms with Gasteiger partial charge in [-0.3, -0.25) is 4.68 Å². The standard InChI is InChI=1S/C20H19ClN4O2S/c1-2-27-19(26)15-6-8-17(9-7-15)23-20(28)24-18-11-22-25(13-18)12-14-4-3-5-16(21)10-14/h3-11,13H,2,12H2,1H3,(H2,23,24,28). The fourth-order valence-corrected chi connectivity index (χ4v) is 2.98. The molecule has 0 aliphatic rings. The van der Waals surface area contributed by atoms with Crippen molar-refractivity contribution in [1.29, 1.82) is 0 Å². The van der Waals surface area contributed by atoms with Crippen LogP contribution in [0.4, 0.5) is 11.4 Å². The number of thiocarbonyl (C=S) groups is 1. The first-order valence-corrected chi connectivity index (χ1v) is 9.44. The maximum Gasteiger partial charge on any atom is 0.338 e. The van der Waals surface area contributed by atoms with Crippen LogP contribution in [0.2, 0.25) is 5.02 Å². The predicted octanol–water partition coefficient (Wildman–Crippen LogP) is 4.57. The number of anilines is 2. The highest BCUT2D eigenvalue weighted by Gasteiger charge is 2.07. The molecule has 0 aliphatic heterocycles. The molecule has 0 amide bonds. The second-order valence-corrected chi connectivity index (χ2v) is 6.78. The molecule has 1 heterocycles. The van der Waals surface area contributed by atoms with E-state index in [4.69, 9.17) is 28.6 Å². The lowest BCUT2D eigenvalue weighted by molar-refractivity contribution is 0.0526. The monoisotopic (exact) mass is 414 g/mol. The Morgan fingerprint density at radius 2 is 1.93 bits per heavy atom. The second kappa shape index (κ2) is 9.34. The lowest BCUT2D eigenvalue weighted by Crippen LogP contribution is -2.18. The summed E-state index contributed by atoms with van der Waals surface area (Å²) in [5, 5.41) is 11.6. The summed E-state index contributed by atoms with van der Waals surface area (Å²) in [6.45, 7) is 2.73. The molecule has 0 radical (unpaired) electrons. The zero-order chi connectivity index (χ0) is 19.9. The Kier molecular flexibility index (Phi) is 6.62. The summed E-state index contributed by atoms with van der Waals surface area (Å²) >= 11 is 11.3. The van der Waals surface area contributed by atoms with Crippen molar-refractivity contribution >= 4 is 46.3 Å². The first-order valence-electron chi connectivity index (χ1n) is 8.65. The van der Waals surface area contributed by atoms with Gasteiger partial charge in [-0.1, -0.05) is 23.7 Å². The van der Waals surface area contributed by atoms with Gasteiger partial charge in [0.25, 0.3) is 0 Å². The van der Waals surface area contributed by atoms with Crippen LogP contribution in [-0.2, 0) is 11.3 Å². The van der Waals surface area contributed by atoms with Gasteiger partial charge in [-0.15, -0.1) is 0 Å². The molecule has 3 rings (SSSR count). The summed E-state index contributed by atoms with van der Waals surface area (Å²) in [4.78, 5) is 11.7. The predicted molar refractivity (Wildman–Crippen MR) is 115 cm³/mol. The van der Waals surface area contributed by atoms with Crippen LogP contribution < -0.4 is 10.6 Å². The smallest absolute Gasteiger partial charge is 0.338 e. The van der Waals surface area contributed by atoms with Gasteiger partial charge in [-0.05, 0) is 61.1 Å². The van der Waals surface area contributed by atoms with Crippen LogP contribution in [0.3, 0.4) is 0 Å². The molecule has 0 unspecified atom stereocenters. The number of nitrogens with zero attached hydrogens (tertiary/aromatic N) is 2. The molecule has 2 aromatic carbocycles. The van der Waals surface area contributed by atoms with E-state index in [0.29, 0.717) is 28.9 Å². The number of nitrogens with one attached hydrogen (secondary N) is 2. The van der Waals surface area contributed by atoms with Crippen LogP contribution in [0.25, 0.3) is 0 Å². The van der Waals surface area contributed by atoms with Crippen molar-refractivity contribution in [2.24, 2.45) is 0 Å². The van der Waals surface area contributed by atoms with E-state index in [1.54, 1.807) is 42.1 Å². The first kappa shape index (κ1) is 19.9. The molecule has 1 aromatic heterocycles. The highest BCUT2D eigenvalue weighted by atomic mass is 35.5. The Labute approximate surface area is 173 Å². The van der Waals surface area contributed by atoms with Crippen molar-refractivity contribution in [3.63, 3.8) is 0 Å². The SMILES string of the molecule is CCOC(=O)c1ccc(NC(=S)Nc2cnn(Cc3cccc(Cl)c3)c2)cc1. The van der Waals surface area contributed by atoms with Gasteiger partial charge in [0, 0.05) is 16.9 Å².